The predicted molar refractivity (Wildman–Crippen MR) is 105 cm³/mol. The highest BCUT2D eigenvalue weighted by molar-refractivity contribution is 7.89. The number of carbonyl (C=O) groups is 2. The topological polar surface area (TPSA) is 92.8 Å². The third-order valence-corrected chi connectivity index (χ3v) is 5.81. The number of sulfonamides is 1. The second-order valence-electron chi connectivity index (χ2n) is 5.27. The maximum atomic E-state index is 12.6. The highest BCUT2D eigenvalue weighted by Crippen LogP contribution is 2.27. The average Bonchev–Trinajstić information content (AvgIpc) is 2.62. The molecule has 0 saturated carbocycles. The van der Waals surface area contributed by atoms with Crippen molar-refractivity contribution in [3.63, 3.8) is 0 Å². The number of nitrogens with one attached hydrogen (secondary N) is 1. The Morgan fingerprint density at radius 1 is 1.22 bits per heavy atom. The molecular weight excluding hydrogens is 392 g/mol. The zero-order chi connectivity index (χ0) is 20.4. The van der Waals surface area contributed by atoms with Crippen LogP contribution in [0.15, 0.2) is 47.4 Å². The number of benzene rings is 1. The van der Waals surface area contributed by atoms with Gasteiger partial charge >= 0.3 is 5.97 Å². The minimum atomic E-state index is -3.69. The molecule has 0 unspecified atom stereocenters. The lowest BCUT2D eigenvalue weighted by Gasteiger charge is -2.19. The molecule has 1 rings (SSSR count). The van der Waals surface area contributed by atoms with E-state index < -0.39 is 28.5 Å². The van der Waals surface area contributed by atoms with Crippen molar-refractivity contribution in [2.75, 3.05) is 25.0 Å². The molecular formula is C18H23ClN2O5S. The van der Waals surface area contributed by atoms with Crippen molar-refractivity contribution in [3.05, 3.63) is 47.5 Å². The second kappa shape index (κ2) is 10.9. The summed E-state index contributed by atoms with van der Waals surface area (Å²) in [5, 5.41) is 2.62. The SMILES string of the molecule is C/C=C/C=C/C(=O)OCC(=O)Nc1cc(S(=O)(=O)N(CC)CC)ccc1Cl. The number of carbonyl (C=O) groups excluding carboxylic acids is 2. The quantitative estimate of drug-likeness (QED) is 0.381. The Morgan fingerprint density at radius 3 is 2.48 bits per heavy atom. The lowest BCUT2D eigenvalue weighted by atomic mass is 10.3. The van der Waals surface area contributed by atoms with Gasteiger partial charge in [0.05, 0.1) is 15.6 Å². The lowest BCUT2D eigenvalue weighted by molar-refractivity contribution is -0.142. The number of amides is 1. The molecule has 1 aromatic carbocycles. The van der Waals surface area contributed by atoms with Gasteiger partial charge < -0.3 is 10.1 Å². The summed E-state index contributed by atoms with van der Waals surface area (Å²) in [6.07, 6.45) is 6.04. The van der Waals surface area contributed by atoms with Crippen LogP contribution in [-0.4, -0.2) is 44.3 Å². The van der Waals surface area contributed by atoms with Crippen LogP contribution in [0, 0.1) is 0 Å². The monoisotopic (exact) mass is 414 g/mol. The molecule has 1 N–H and O–H groups in total. The fraction of sp³-hybridized carbons (Fsp3) is 0.333. The van der Waals surface area contributed by atoms with Gasteiger partial charge in [-0.3, -0.25) is 4.79 Å². The van der Waals surface area contributed by atoms with Crippen molar-refractivity contribution in [2.45, 2.75) is 25.7 Å². The van der Waals surface area contributed by atoms with Crippen LogP contribution in [0.2, 0.25) is 5.02 Å². The summed E-state index contributed by atoms with van der Waals surface area (Å²) in [4.78, 5) is 23.4. The molecule has 148 valence electrons. The van der Waals surface area contributed by atoms with E-state index in [0.717, 1.165) is 0 Å². The molecule has 0 radical (unpaired) electrons. The zero-order valence-corrected chi connectivity index (χ0v) is 17.0. The molecule has 0 spiro atoms. The van der Waals surface area contributed by atoms with Crippen LogP contribution >= 0.6 is 11.6 Å². The van der Waals surface area contributed by atoms with Gasteiger partial charge in [-0.25, -0.2) is 13.2 Å². The van der Waals surface area contributed by atoms with E-state index in [-0.39, 0.29) is 15.6 Å². The van der Waals surface area contributed by atoms with E-state index in [0.29, 0.717) is 13.1 Å². The van der Waals surface area contributed by atoms with Crippen molar-refractivity contribution in [2.24, 2.45) is 0 Å². The molecule has 0 saturated heterocycles. The number of allylic oxidation sites excluding steroid dienone is 3. The largest absolute Gasteiger partial charge is 0.452 e. The van der Waals surface area contributed by atoms with Crippen molar-refractivity contribution in [3.8, 4) is 0 Å². The highest BCUT2D eigenvalue weighted by Gasteiger charge is 2.22. The summed E-state index contributed by atoms with van der Waals surface area (Å²) in [5.74, 6) is -1.31. The van der Waals surface area contributed by atoms with E-state index in [1.165, 1.54) is 34.7 Å². The van der Waals surface area contributed by atoms with E-state index in [9.17, 15) is 18.0 Å². The Kier molecular flexibility index (Phi) is 9.20. The summed E-state index contributed by atoms with van der Waals surface area (Å²) in [7, 11) is -3.69. The number of anilines is 1. The summed E-state index contributed by atoms with van der Waals surface area (Å²) in [5.41, 5.74) is 0.121. The Balaban J connectivity index is 2.86. The van der Waals surface area contributed by atoms with Crippen molar-refractivity contribution in [1.29, 1.82) is 0 Å². The summed E-state index contributed by atoms with van der Waals surface area (Å²) in [6.45, 7) is 5.38. The molecule has 0 aromatic heterocycles. The number of esters is 1. The Labute approximate surface area is 164 Å². The Morgan fingerprint density at radius 2 is 1.89 bits per heavy atom. The van der Waals surface area contributed by atoms with Gasteiger partial charge in [0.15, 0.2) is 6.61 Å². The molecule has 0 atom stereocenters. The minimum absolute atomic E-state index is 0.0113. The van der Waals surface area contributed by atoms with E-state index in [2.05, 4.69) is 5.32 Å². The first-order valence-electron chi connectivity index (χ1n) is 8.31. The molecule has 0 heterocycles. The summed E-state index contributed by atoms with van der Waals surface area (Å²) in [6, 6.07) is 4.04. The number of ether oxygens (including phenoxy) is 1. The minimum Gasteiger partial charge on any atom is -0.452 e. The molecule has 1 amide bonds. The molecule has 0 fully saturated rings. The maximum absolute atomic E-state index is 12.6. The molecule has 0 aliphatic rings. The van der Waals surface area contributed by atoms with Crippen LogP contribution in [0.5, 0.6) is 0 Å². The van der Waals surface area contributed by atoms with Crippen LogP contribution in [0.4, 0.5) is 5.69 Å². The number of halogens is 1. The van der Waals surface area contributed by atoms with Crippen LogP contribution in [0.1, 0.15) is 20.8 Å². The molecule has 9 heteroatoms. The van der Waals surface area contributed by atoms with Gasteiger partial charge in [-0.2, -0.15) is 4.31 Å². The van der Waals surface area contributed by atoms with Gasteiger partial charge in [-0.05, 0) is 25.1 Å². The van der Waals surface area contributed by atoms with Gasteiger partial charge in [0, 0.05) is 19.2 Å². The van der Waals surface area contributed by atoms with Crippen molar-refractivity contribution >= 4 is 39.2 Å². The van der Waals surface area contributed by atoms with Gasteiger partial charge in [0.1, 0.15) is 0 Å². The van der Waals surface area contributed by atoms with Gasteiger partial charge in [0.2, 0.25) is 10.0 Å². The normalized spacial score (nSPS) is 12.0. The van der Waals surface area contributed by atoms with Crippen LogP contribution in [0.3, 0.4) is 0 Å². The predicted octanol–water partition coefficient (Wildman–Crippen LogP) is 2.98. The number of hydrogen-bond acceptors (Lipinski definition) is 5. The van der Waals surface area contributed by atoms with Gasteiger partial charge in [-0.15, -0.1) is 0 Å². The number of hydrogen-bond donors (Lipinski definition) is 1. The fourth-order valence-electron chi connectivity index (χ4n) is 2.09. The first kappa shape index (κ1) is 22.9. The fourth-order valence-corrected chi connectivity index (χ4v) is 3.74. The van der Waals surface area contributed by atoms with E-state index in [1.54, 1.807) is 32.9 Å². The lowest BCUT2D eigenvalue weighted by Crippen LogP contribution is -2.30. The zero-order valence-electron chi connectivity index (χ0n) is 15.4. The first-order valence-corrected chi connectivity index (χ1v) is 10.1. The average molecular weight is 415 g/mol. The Bertz CT molecular complexity index is 830. The van der Waals surface area contributed by atoms with Gasteiger partial charge in [0.25, 0.3) is 5.91 Å². The molecule has 27 heavy (non-hydrogen) atoms. The molecule has 0 aliphatic carbocycles. The smallest absolute Gasteiger partial charge is 0.331 e. The maximum Gasteiger partial charge on any atom is 0.331 e. The Hall–Kier alpha value is -2.16. The standard InChI is InChI=1S/C18H23ClN2O5S/c1-4-7-8-9-18(23)26-13-17(22)20-16-12-14(10-11-15(16)19)27(24,25)21(5-2)6-3/h4,7-12H,5-6,13H2,1-3H3,(H,20,22)/b7-4+,9-8+. The molecule has 0 bridgehead atoms. The van der Waals surface area contributed by atoms with Crippen molar-refractivity contribution < 1.29 is 22.7 Å². The molecule has 1 aromatic rings. The summed E-state index contributed by atoms with van der Waals surface area (Å²) < 4.78 is 31.2. The van der Waals surface area contributed by atoms with Gasteiger partial charge in [-0.1, -0.05) is 43.7 Å². The van der Waals surface area contributed by atoms with E-state index in [1.807, 2.05) is 0 Å². The van der Waals surface area contributed by atoms with E-state index in [4.69, 9.17) is 16.3 Å². The van der Waals surface area contributed by atoms with Crippen LogP contribution in [-0.2, 0) is 24.3 Å². The first-order chi connectivity index (χ1) is 12.8. The number of rotatable bonds is 9. The van der Waals surface area contributed by atoms with Crippen molar-refractivity contribution in [1.82, 2.24) is 4.31 Å². The van der Waals surface area contributed by atoms with Crippen LogP contribution in [0.25, 0.3) is 0 Å². The third-order valence-electron chi connectivity index (χ3n) is 3.44. The molecule has 7 nitrogen and oxygen atoms in total. The second-order valence-corrected chi connectivity index (χ2v) is 7.62. The molecule has 0 aliphatic heterocycles. The third kappa shape index (κ3) is 6.82. The number of nitrogens with zero attached hydrogens (tertiary/aromatic N) is 1. The van der Waals surface area contributed by atoms with Crippen LogP contribution < -0.4 is 5.32 Å². The summed E-state index contributed by atoms with van der Waals surface area (Å²) >= 11 is 6.04. The highest BCUT2D eigenvalue weighted by atomic mass is 35.5. The van der Waals surface area contributed by atoms with E-state index >= 15 is 0 Å².